The van der Waals surface area contributed by atoms with E-state index in [1.54, 1.807) is 4.90 Å². The van der Waals surface area contributed by atoms with Crippen LogP contribution in [-0.2, 0) is 16.0 Å². The summed E-state index contributed by atoms with van der Waals surface area (Å²) in [6.45, 7) is 3.04. The number of nitrogens with one attached hydrogen (secondary N) is 1. The van der Waals surface area contributed by atoms with E-state index in [2.05, 4.69) is 5.32 Å². The van der Waals surface area contributed by atoms with Crippen molar-refractivity contribution in [2.24, 2.45) is 0 Å². The van der Waals surface area contributed by atoms with E-state index in [1.807, 2.05) is 85.8 Å². The number of carbonyl (C=O) groups excluding carboxylic acids is 2. The molecule has 0 aliphatic carbocycles. The number of anilines is 1. The van der Waals surface area contributed by atoms with E-state index < -0.39 is 0 Å². The second kappa shape index (κ2) is 8.82. The topological polar surface area (TPSA) is 67.9 Å². The molecule has 3 aromatic carbocycles. The van der Waals surface area contributed by atoms with E-state index in [0.717, 1.165) is 34.5 Å². The highest BCUT2D eigenvalue weighted by Gasteiger charge is 2.31. The van der Waals surface area contributed by atoms with Crippen LogP contribution < -0.4 is 10.1 Å². The number of benzene rings is 3. The maximum Gasteiger partial charge on any atom is 0.410 e. The number of amides is 2. The van der Waals surface area contributed by atoms with Gasteiger partial charge in [0, 0.05) is 23.4 Å². The van der Waals surface area contributed by atoms with Crippen molar-refractivity contribution < 1.29 is 19.1 Å². The smallest absolute Gasteiger partial charge is 0.410 e. The third kappa shape index (κ3) is 4.32. The fourth-order valence-corrected chi connectivity index (χ4v) is 4.23. The molecule has 1 N–H and O–H groups in total. The molecule has 2 aliphatic rings. The quantitative estimate of drug-likeness (QED) is 0.525. The van der Waals surface area contributed by atoms with Gasteiger partial charge in [-0.05, 0) is 60.9 Å². The molecule has 1 unspecified atom stereocenters. The number of rotatable bonds is 6. The fourth-order valence-electron chi connectivity index (χ4n) is 4.23. The zero-order valence-corrected chi connectivity index (χ0v) is 18.3. The zero-order chi connectivity index (χ0) is 22.8. The molecule has 0 aromatic heterocycles. The largest absolute Gasteiger partial charge is 0.457 e. The van der Waals surface area contributed by atoms with Crippen molar-refractivity contribution in [2.75, 3.05) is 18.5 Å². The summed E-state index contributed by atoms with van der Waals surface area (Å²) < 4.78 is 11.1. The summed E-state index contributed by atoms with van der Waals surface area (Å²) in [5.74, 6) is 1.36. The van der Waals surface area contributed by atoms with Gasteiger partial charge in [0.05, 0.1) is 6.04 Å². The number of hydrogen-bond donors (Lipinski definition) is 1. The molecule has 0 saturated carbocycles. The Bertz CT molecular complexity index is 1220. The van der Waals surface area contributed by atoms with Gasteiger partial charge in [0.25, 0.3) is 5.91 Å². The minimum Gasteiger partial charge on any atom is -0.457 e. The van der Waals surface area contributed by atoms with E-state index in [9.17, 15) is 9.59 Å². The highest BCUT2D eigenvalue weighted by molar-refractivity contribution is 6.34. The molecule has 1 fully saturated rings. The van der Waals surface area contributed by atoms with Crippen LogP contribution in [0.5, 0.6) is 11.5 Å². The average molecular weight is 440 g/mol. The van der Waals surface area contributed by atoms with Gasteiger partial charge >= 0.3 is 6.09 Å². The lowest BCUT2D eigenvalue weighted by Crippen LogP contribution is -2.34. The first-order chi connectivity index (χ1) is 16.1. The van der Waals surface area contributed by atoms with Crippen molar-refractivity contribution in [3.05, 3.63) is 89.5 Å². The van der Waals surface area contributed by atoms with Gasteiger partial charge in [-0.3, -0.25) is 4.79 Å². The molecule has 2 aliphatic heterocycles. The number of carbonyl (C=O) groups is 2. The predicted molar refractivity (Wildman–Crippen MR) is 127 cm³/mol. The third-order valence-corrected chi connectivity index (χ3v) is 5.95. The van der Waals surface area contributed by atoms with Gasteiger partial charge in [-0.15, -0.1) is 0 Å². The molecule has 2 amide bonds. The molecule has 6 nitrogen and oxygen atoms in total. The molecule has 1 atom stereocenters. The van der Waals surface area contributed by atoms with Crippen LogP contribution in [0, 0.1) is 0 Å². The van der Waals surface area contributed by atoms with Crippen LogP contribution in [0.3, 0.4) is 0 Å². The Kier molecular flexibility index (Phi) is 5.57. The summed E-state index contributed by atoms with van der Waals surface area (Å²) in [6.07, 6.45) is 2.40. The van der Waals surface area contributed by atoms with E-state index >= 15 is 0 Å². The van der Waals surface area contributed by atoms with Crippen LogP contribution in [0.4, 0.5) is 10.5 Å². The summed E-state index contributed by atoms with van der Waals surface area (Å²) >= 11 is 0. The van der Waals surface area contributed by atoms with Gasteiger partial charge in [-0.1, -0.05) is 42.5 Å². The average Bonchev–Trinajstić information content (AvgIpc) is 3.34. The van der Waals surface area contributed by atoms with E-state index in [-0.39, 0.29) is 18.0 Å². The molecular formula is C27H24N2O4. The van der Waals surface area contributed by atoms with E-state index in [1.165, 1.54) is 0 Å². The number of fused-ring (bicyclic) bond motifs is 1. The van der Waals surface area contributed by atoms with Gasteiger partial charge in [-0.2, -0.15) is 0 Å². The Morgan fingerprint density at radius 2 is 1.70 bits per heavy atom. The van der Waals surface area contributed by atoms with Crippen LogP contribution in [0.25, 0.3) is 11.6 Å². The Morgan fingerprint density at radius 1 is 1.00 bits per heavy atom. The fraction of sp³-hybridized carbons (Fsp3) is 0.185. The molecule has 5 rings (SSSR count). The summed E-state index contributed by atoms with van der Waals surface area (Å²) in [6, 6.07) is 23.3. The Balaban J connectivity index is 1.24. The van der Waals surface area contributed by atoms with Crippen molar-refractivity contribution in [1.82, 2.24) is 4.90 Å². The van der Waals surface area contributed by atoms with Crippen LogP contribution in [0.1, 0.15) is 23.6 Å². The summed E-state index contributed by atoms with van der Waals surface area (Å²) in [7, 11) is 0. The molecule has 1 saturated heterocycles. The second-order valence-electron chi connectivity index (χ2n) is 8.09. The third-order valence-electron chi connectivity index (χ3n) is 5.95. The lowest BCUT2D eigenvalue weighted by Gasteiger charge is -2.19. The van der Waals surface area contributed by atoms with Gasteiger partial charge in [0.1, 0.15) is 18.1 Å². The first kappa shape index (κ1) is 20.8. The van der Waals surface area contributed by atoms with Crippen molar-refractivity contribution in [3.8, 4) is 11.5 Å². The van der Waals surface area contributed by atoms with Crippen molar-refractivity contribution in [2.45, 2.75) is 19.4 Å². The van der Waals surface area contributed by atoms with E-state index in [0.29, 0.717) is 24.5 Å². The minimum atomic E-state index is -0.237. The van der Waals surface area contributed by atoms with Crippen molar-refractivity contribution >= 4 is 29.3 Å². The van der Waals surface area contributed by atoms with Crippen LogP contribution in [0.15, 0.2) is 72.8 Å². The molecule has 6 heteroatoms. The maximum atomic E-state index is 12.3. The standard InChI is InChI=1S/C27H24N2O4/c1-2-29-20(17-32-27(29)31)15-18-7-11-21(12-8-18)33-22-13-9-19(10-14-22)16-24-23-5-3-4-6-25(23)28-26(24)30/h3-14,16,20H,2,15,17H2,1H3,(H,28,30)/b24-16-. The molecular weight excluding hydrogens is 416 g/mol. The normalized spacial score (nSPS) is 18.3. The lowest BCUT2D eigenvalue weighted by atomic mass is 10.0. The molecule has 33 heavy (non-hydrogen) atoms. The molecule has 0 radical (unpaired) electrons. The van der Waals surface area contributed by atoms with E-state index in [4.69, 9.17) is 9.47 Å². The van der Waals surface area contributed by atoms with Crippen LogP contribution >= 0.6 is 0 Å². The van der Waals surface area contributed by atoms with Gasteiger partial charge < -0.3 is 19.7 Å². The Labute approximate surface area is 192 Å². The molecule has 0 spiro atoms. The highest BCUT2D eigenvalue weighted by Crippen LogP contribution is 2.33. The van der Waals surface area contributed by atoms with Crippen LogP contribution in [0.2, 0.25) is 0 Å². The van der Waals surface area contributed by atoms with Gasteiger partial charge in [0.15, 0.2) is 0 Å². The van der Waals surface area contributed by atoms with Crippen molar-refractivity contribution in [3.63, 3.8) is 0 Å². The highest BCUT2D eigenvalue weighted by atomic mass is 16.6. The summed E-state index contributed by atoms with van der Waals surface area (Å²) in [4.78, 5) is 25.8. The Morgan fingerprint density at radius 3 is 2.42 bits per heavy atom. The zero-order valence-electron chi connectivity index (χ0n) is 18.3. The van der Waals surface area contributed by atoms with Gasteiger partial charge in [-0.25, -0.2) is 4.79 Å². The maximum absolute atomic E-state index is 12.3. The monoisotopic (exact) mass is 440 g/mol. The second-order valence-corrected chi connectivity index (χ2v) is 8.09. The number of likely N-dealkylation sites (N-methyl/N-ethyl adjacent to an activating group) is 1. The van der Waals surface area contributed by atoms with Gasteiger partial charge in [0.2, 0.25) is 0 Å². The Hall–Kier alpha value is -4.06. The predicted octanol–water partition coefficient (Wildman–Crippen LogP) is 5.35. The number of nitrogens with zero attached hydrogens (tertiary/aromatic N) is 1. The number of ether oxygens (including phenoxy) is 2. The summed E-state index contributed by atoms with van der Waals surface area (Å²) in [5, 5.41) is 2.89. The number of para-hydroxylation sites is 1. The summed E-state index contributed by atoms with van der Waals surface area (Å²) in [5.41, 5.74) is 4.46. The molecule has 3 aromatic rings. The minimum absolute atomic E-state index is 0.0739. The first-order valence-corrected chi connectivity index (χ1v) is 11.0. The van der Waals surface area contributed by atoms with Crippen LogP contribution in [-0.4, -0.2) is 36.1 Å². The number of hydrogen-bond acceptors (Lipinski definition) is 4. The van der Waals surface area contributed by atoms with Crippen molar-refractivity contribution in [1.29, 1.82) is 0 Å². The molecule has 166 valence electrons. The number of cyclic esters (lactones) is 1. The first-order valence-electron chi connectivity index (χ1n) is 11.0. The molecule has 0 bridgehead atoms. The molecule has 2 heterocycles. The lowest BCUT2D eigenvalue weighted by molar-refractivity contribution is -0.110. The SMILES string of the molecule is CCN1C(=O)OCC1Cc1ccc(Oc2ccc(/C=C3\C(=O)Nc4ccccc43)cc2)cc1.